The summed E-state index contributed by atoms with van der Waals surface area (Å²) in [4.78, 5) is 0. The Hall–Kier alpha value is 0.200. The molecule has 0 heterocycles. The summed E-state index contributed by atoms with van der Waals surface area (Å²) >= 11 is 8.52. The quantitative estimate of drug-likeness (QED) is 0.403. The third-order valence-electron chi connectivity index (χ3n) is 3.33. The van der Waals surface area contributed by atoms with Gasteiger partial charge in [-0.05, 0) is 59.7 Å². The zero-order valence-electron chi connectivity index (χ0n) is 12.0. The van der Waals surface area contributed by atoms with Gasteiger partial charge in [-0.25, -0.2) is 0 Å². The minimum absolute atomic E-state index is 0.450. The van der Waals surface area contributed by atoms with Gasteiger partial charge in [0.1, 0.15) is 0 Å². The predicted molar refractivity (Wildman–Crippen MR) is 94.0 cm³/mol. The van der Waals surface area contributed by atoms with Crippen LogP contribution in [0.15, 0.2) is 18.2 Å². The molecule has 0 aliphatic heterocycles. The molecule has 1 atom stereocenters. The molecule has 0 fully saturated rings. The first-order valence-corrected chi connectivity index (χ1v) is 8.83. The lowest BCUT2D eigenvalue weighted by molar-refractivity contribution is 0.470. The molecular weight excluding hydrogens is 369 g/mol. The number of rotatable bonds is 9. The van der Waals surface area contributed by atoms with Gasteiger partial charge in [0, 0.05) is 9.61 Å². The summed E-state index contributed by atoms with van der Waals surface area (Å²) in [6.07, 6.45) is 7.63. The fourth-order valence-electron chi connectivity index (χ4n) is 2.21. The summed E-state index contributed by atoms with van der Waals surface area (Å²) in [5.74, 6) is 0. The highest BCUT2D eigenvalue weighted by molar-refractivity contribution is 14.1. The first-order chi connectivity index (χ1) is 9.19. The summed E-state index contributed by atoms with van der Waals surface area (Å²) in [5, 5.41) is 4.52. The van der Waals surface area contributed by atoms with Crippen LogP contribution < -0.4 is 5.32 Å². The molecule has 0 spiro atoms. The zero-order valence-corrected chi connectivity index (χ0v) is 14.9. The topological polar surface area (TPSA) is 12.0 Å². The Morgan fingerprint density at radius 1 is 1.16 bits per heavy atom. The Morgan fingerprint density at radius 3 is 2.58 bits per heavy atom. The van der Waals surface area contributed by atoms with Crippen molar-refractivity contribution in [2.75, 3.05) is 6.54 Å². The fraction of sp³-hybridized carbons (Fsp3) is 0.625. The number of hydrogen-bond donors (Lipinski definition) is 1. The molecule has 0 bridgehead atoms. The van der Waals surface area contributed by atoms with Crippen LogP contribution in [0.5, 0.6) is 0 Å². The van der Waals surface area contributed by atoms with E-state index >= 15 is 0 Å². The zero-order chi connectivity index (χ0) is 14.1. The van der Waals surface area contributed by atoms with Gasteiger partial charge >= 0.3 is 0 Å². The lowest BCUT2D eigenvalue weighted by atomic mass is 10.00. The molecule has 108 valence electrons. The molecular formula is C16H25ClIN. The highest BCUT2D eigenvalue weighted by atomic mass is 127. The van der Waals surface area contributed by atoms with Gasteiger partial charge in [0.15, 0.2) is 0 Å². The highest BCUT2D eigenvalue weighted by Crippen LogP contribution is 2.26. The van der Waals surface area contributed by atoms with Crippen molar-refractivity contribution >= 4 is 34.2 Å². The standard InChI is InChI=1S/C16H25ClIN/c1-3-5-6-7-8-16(19-11-4-2)13-9-10-15(18)14(17)12-13/h9-10,12,16,19H,3-8,11H2,1-2H3. The van der Waals surface area contributed by atoms with E-state index < -0.39 is 0 Å². The minimum atomic E-state index is 0.450. The molecule has 1 rings (SSSR count). The third-order valence-corrected chi connectivity index (χ3v) is 4.91. The Kier molecular flexibility index (Phi) is 9.08. The van der Waals surface area contributed by atoms with E-state index in [9.17, 15) is 0 Å². The summed E-state index contributed by atoms with van der Waals surface area (Å²) in [6.45, 7) is 5.54. The van der Waals surface area contributed by atoms with Crippen LogP contribution in [0, 0.1) is 3.57 Å². The monoisotopic (exact) mass is 393 g/mol. The summed E-state index contributed by atoms with van der Waals surface area (Å²) in [7, 11) is 0. The van der Waals surface area contributed by atoms with Crippen LogP contribution >= 0.6 is 34.2 Å². The predicted octanol–water partition coefficient (Wildman–Crippen LogP) is 5.96. The molecule has 0 radical (unpaired) electrons. The molecule has 1 N–H and O–H groups in total. The number of unbranched alkanes of at least 4 members (excludes halogenated alkanes) is 3. The average molecular weight is 394 g/mol. The van der Waals surface area contributed by atoms with Crippen molar-refractivity contribution in [1.29, 1.82) is 0 Å². The molecule has 1 aromatic carbocycles. The first-order valence-electron chi connectivity index (χ1n) is 7.37. The Balaban J connectivity index is 2.63. The second-order valence-electron chi connectivity index (χ2n) is 5.03. The Labute approximate surface area is 136 Å². The van der Waals surface area contributed by atoms with Crippen molar-refractivity contribution in [2.24, 2.45) is 0 Å². The molecule has 0 aromatic heterocycles. The van der Waals surface area contributed by atoms with E-state index in [-0.39, 0.29) is 0 Å². The third kappa shape index (κ3) is 6.46. The van der Waals surface area contributed by atoms with Crippen molar-refractivity contribution in [2.45, 2.75) is 58.4 Å². The van der Waals surface area contributed by atoms with Gasteiger partial charge in [-0.1, -0.05) is 57.2 Å². The summed E-state index contributed by atoms with van der Waals surface area (Å²) in [5.41, 5.74) is 1.33. The van der Waals surface area contributed by atoms with Crippen LogP contribution in [0.25, 0.3) is 0 Å². The minimum Gasteiger partial charge on any atom is -0.310 e. The molecule has 0 aliphatic rings. The van der Waals surface area contributed by atoms with Gasteiger partial charge in [-0.2, -0.15) is 0 Å². The maximum absolute atomic E-state index is 6.24. The van der Waals surface area contributed by atoms with E-state index in [2.05, 4.69) is 60.0 Å². The Morgan fingerprint density at radius 2 is 1.95 bits per heavy atom. The second-order valence-corrected chi connectivity index (χ2v) is 6.60. The smallest absolute Gasteiger partial charge is 0.0542 e. The average Bonchev–Trinajstić information content (AvgIpc) is 2.41. The molecule has 1 nitrogen and oxygen atoms in total. The van der Waals surface area contributed by atoms with Gasteiger partial charge in [-0.3, -0.25) is 0 Å². The van der Waals surface area contributed by atoms with Gasteiger partial charge < -0.3 is 5.32 Å². The normalized spacial score (nSPS) is 12.6. The summed E-state index contributed by atoms with van der Waals surface area (Å²) in [6, 6.07) is 6.90. The van der Waals surface area contributed by atoms with Crippen LogP contribution in [0.1, 0.15) is 64.0 Å². The van der Waals surface area contributed by atoms with Gasteiger partial charge in [0.25, 0.3) is 0 Å². The lowest BCUT2D eigenvalue weighted by Gasteiger charge is -2.19. The molecule has 3 heteroatoms. The lowest BCUT2D eigenvalue weighted by Crippen LogP contribution is -2.22. The van der Waals surface area contributed by atoms with Gasteiger partial charge in [-0.15, -0.1) is 0 Å². The molecule has 0 saturated carbocycles. The van der Waals surface area contributed by atoms with Crippen molar-refractivity contribution < 1.29 is 0 Å². The molecule has 0 aliphatic carbocycles. The van der Waals surface area contributed by atoms with E-state index in [1.165, 1.54) is 44.1 Å². The number of nitrogens with one attached hydrogen (secondary N) is 1. The summed E-state index contributed by atoms with van der Waals surface area (Å²) < 4.78 is 1.13. The molecule has 19 heavy (non-hydrogen) atoms. The number of halogens is 2. The van der Waals surface area contributed by atoms with Crippen LogP contribution in [-0.4, -0.2) is 6.54 Å². The number of hydrogen-bond acceptors (Lipinski definition) is 1. The van der Waals surface area contributed by atoms with Crippen LogP contribution in [0.4, 0.5) is 0 Å². The van der Waals surface area contributed by atoms with Crippen molar-refractivity contribution in [1.82, 2.24) is 5.32 Å². The van der Waals surface area contributed by atoms with E-state index in [1.807, 2.05) is 0 Å². The SMILES string of the molecule is CCCCCCC(NCCC)c1ccc(I)c(Cl)c1. The largest absolute Gasteiger partial charge is 0.310 e. The molecule has 0 amide bonds. The van der Waals surface area contributed by atoms with Crippen molar-refractivity contribution in [3.63, 3.8) is 0 Å². The van der Waals surface area contributed by atoms with E-state index in [1.54, 1.807) is 0 Å². The maximum Gasteiger partial charge on any atom is 0.0542 e. The van der Waals surface area contributed by atoms with Crippen LogP contribution in [0.2, 0.25) is 5.02 Å². The van der Waals surface area contributed by atoms with Crippen molar-refractivity contribution in [3.8, 4) is 0 Å². The number of benzene rings is 1. The maximum atomic E-state index is 6.24. The van der Waals surface area contributed by atoms with E-state index in [0.29, 0.717) is 6.04 Å². The molecule has 0 saturated heterocycles. The van der Waals surface area contributed by atoms with Crippen LogP contribution in [0.3, 0.4) is 0 Å². The van der Waals surface area contributed by atoms with Gasteiger partial charge in [0.2, 0.25) is 0 Å². The fourth-order valence-corrected chi connectivity index (χ4v) is 2.73. The first kappa shape index (κ1) is 17.3. The van der Waals surface area contributed by atoms with Crippen LogP contribution in [-0.2, 0) is 0 Å². The van der Waals surface area contributed by atoms with Crippen molar-refractivity contribution in [3.05, 3.63) is 32.4 Å². The van der Waals surface area contributed by atoms with Gasteiger partial charge in [0.05, 0.1) is 5.02 Å². The highest BCUT2D eigenvalue weighted by Gasteiger charge is 2.11. The molecule has 1 aromatic rings. The molecule has 1 unspecified atom stereocenters. The van der Waals surface area contributed by atoms with E-state index in [0.717, 1.165) is 15.1 Å². The Bertz CT molecular complexity index is 368. The second kappa shape index (κ2) is 10.0. The van der Waals surface area contributed by atoms with E-state index in [4.69, 9.17) is 11.6 Å².